The maximum atomic E-state index is 11.1. The van der Waals surface area contributed by atoms with Gasteiger partial charge in [0.1, 0.15) is 0 Å². The number of urea groups is 1. The van der Waals surface area contributed by atoms with Gasteiger partial charge in [-0.2, -0.15) is 0 Å². The fraction of sp³-hybridized carbons (Fsp3) is 0.273. The van der Waals surface area contributed by atoms with Crippen LogP contribution in [0.4, 0.5) is 4.79 Å². The van der Waals surface area contributed by atoms with Crippen molar-refractivity contribution in [1.82, 2.24) is 10.2 Å². The molecule has 1 rings (SSSR count). The molecule has 2 amide bonds. The molecule has 1 aromatic carbocycles. The molecule has 0 fully saturated rings. The van der Waals surface area contributed by atoms with Gasteiger partial charge in [-0.3, -0.25) is 9.89 Å². The van der Waals surface area contributed by atoms with Gasteiger partial charge >= 0.3 is 6.03 Å². The molecule has 0 unspecified atom stereocenters. The molecule has 0 saturated carbocycles. The van der Waals surface area contributed by atoms with E-state index in [9.17, 15) is 4.79 Å². The van der Waals surface area contributed by atoms with Gasteiger partial charge in [0.05, 0.1) is 12.9 Å². The van der Waals surface area contributed by atoms with Gasteiger partial charge in [-0.15, -0.1) is 0 Å². The van der Waals surface area contributed by atoms with Crippen molar-refractivity contribution in [3.63, 3.8) is 0 Å². The van der Waals surface area contributed by atoms with Crippen molar-refractivity contribution in [3.05, 3.63) is 35.9 Å². The summed E-state index contributed by atoms with van der Waals surface area (Å²) in [6, 6.07) is 9.71. The number of hydrogen-bond donors (Lipinski definition) is 1. The number of carbonyl (C=O) groups excluding carboxylic acids is 1. The fourth-order valence-corrected chi connectivity index (χ4v) is 1.08. The van der Waals surface area contributed by atoms with E-state index < -0.39 is 0 Å². The molecule has 0 saturated heterocycles. The molecule has 1 N–H and O–H groups in total. The Morgan fingerprint density at radius 2 is 2.13 bits per heavy atom. The van der Waals surface area contributed by atoms with Gasteiger partial charge in [0.15, 0.2) is 0 Å². The predicted octanol–water partition coefficient (Wildman–Crippen LogP) is 1.49. The molecule has 15 heavy (non-hydrogen) atoms. The van der Waals surface area contributed by atoms with E-state index in [0.29, 0.717) is 6.54 Å². The first-order chi connectivity index (χ1) is 7.24. The van der Waals surface area contributed by atoms with Crippen molar-refractivity contribution in [2.75, 3.05) is 14.1 Å². The summed E-state index contributed by atoms with van der Waals surface area (Å²) in [5, 5.41) is 2.51. The quantitative estimate of drug-likeness (QED) is 0.589. The van der Waals surface area contributed by atoms with Crippen LogP contribution in [0.25, 0.3) is 0 Å². The fourth-order valence-electron chi connectivity index (χ4n) is 1.08. The first-order valence-corrected chi connectivity index (χ1v) is 4.72. The summed E-state index contributed by atoms with van der Waals surface area (Å²) < 4.78 is 0. The van der Waals surface area contributed by atoms with E-state index in [1.165, 1.54) is 11.2 Å². The maximum absolute atomic E-state index is 11.1. The Morgan fingerprint density at radius 3 is 2.73 bits per heavy atom. The number of rotatable bonds is 3. The molecule has 0 aliphatic heterocycles. The van der Waals surface area contributed by atoms with Crippen LogP contribution in [-0.4, -0.2) is 31.4 Å². The van der Waals surface area contributed by atoms with Crippen LogP contribution in [0.1, 0.15) is 5.56 Å². The minimum absolute atomic E-state index is 0.174. The van der Waals surface area contributed by atoms with Crippen molar-refractivity contribution in [2.45, 2.75) is 6.54 Å². The first kappa shape index (κ1) is 11.2. The van der Waals surface area contributed by atoms with Crippen LogP contribution in [0.3, 0.4) is 0 Å². The lowest BCUT2D eigenvalue weighted by Crippen LogP contribution is -2.33. The molecule has 0 heterocycles. The highest BCUT2D eigenvalue weighted by Gasteiger charge is 2.00. The van der Waals surface area contributed by atoms with Crippen molar-refractivity contribution >= 4 is 12.4 Å². The van der Waals surface area contributed by atoms with Gasteiger partial charge in [0.25, 0.3) is 0 Å². The zero-order chi connectivity index (χ0) is 11.1. The Morgan fingerprint density at radius 1 is 1.47 bits per heavy atom. The Kier molecular flexibility index (Phi) is 4.34. The summed E-state index contributed by atoms with van der Waals surface area (Å²) >= 11 is 0. The summed E-state index contributed by atoms with van der Waals surface area (Å²) in [6.07, 6.45) is 1.52. The second kappa shape index (κ2) is 5.80. The predicted molar refractivity (Wildman–Crippen MR) is 60.9 cm³/mol. The molecule has 4 heteroatoms. The van der Waals surface area contributed by atoms with Gasteiger partial charge in [-0.05, 0) is 5.56 Å². The van der Waals surface area contributed by atoms with E-state index in [2.05, 4.69) is 10.3 Å². The highest BCUT2D eigenvalue weighted by molar-refractivity contribution is 5.85. The summed E-state index contributed by atoms with van der Waals surface area (Å²) in [5.41, 5.74) is 1.12. The van der Waals surface area contributed by atoms with Crippen LogP contribution >= 0.6 is 0 Å². The molecule has 0 bridgehead atoms. The number of benzene rings is 1. The molecule has 0 aliphatic rings. The number of amides is 2. The highest BCUT2D eigenvalue weighted by Crippen LogP contribution is 1.99. The molecule has 0 atom stereocenters. The topological polar surface area (TPSA) is 44.7 Å². The third kappa shape index (κ3) is 3.81. The minimum atomic E-state index is -0.174. The Balaban J connectivity index is 2.43. The van der Waals surface area contributed by atoms with Crippen molar-refractivity contribution in [3.8, 4) is 0 Å². The molecule has 0 radical (unpaired) electrons. The van der Waals surface area contributed by atoms with E-state index >= 15 is 0 Å². The summed E-state index contributed by atoms with van der Waals surface area (Å²) in [6.45, 7) is 0.585. The van der Waals surface area contributed by atoms with E-state index in [-0.39, 0.29) is 6.03 Å². The lowest BCUT2D eigenvalue weighted by atomic mass is 10.2. The SMILES string of the molecule is CNC(=O)N(C)C=NCc1ccccc1. The van der Waals surface area contributed by atoms with E-state index in [1.807, 2.05) is 30.3 Å². The zero-order valence-corrected chi connectivity index (χ0v) is 8.97. The van der Waals surface area contributed by atoms with Gasteiger partial charge in [-0.1, -0.05) is 30.3 Å². The van der Waals surface area contributed by atoms with Crippen molar-refractivity contribution < 1.29 is 4.79 Å². The monoisotopic (exact) mass is 205 g/mol. The Bertz CT molecular complexity index is 335. The number of aliphatic imine (C=N–C) groups is 1. The van der Waals surface area contributed by atoms with Crippen molar-refractivity contribution in [2.24, 2.45) is 4.99 Å². The number of nitrogens with one attached hydrogen (secondary N) is 1. The molecule has 80 valence electrons. The molecule has 0 aliphatic carbocycles. The summed E-state index contributed by atoms with van der Waals surface area (Å²) in [5.74, 6) is 0. The minimum Gasteiger partial charge on any atom is -0.341 e. The summed E-state index contributed by atoms with van der Waals surface area (Å²) in [7, 11) is 3.25. The van der Waals surface area contributed by atoms with E-state index in [0.717, 1.165) is 5.56 Å². The lowest BCUT2D eigenvalue weighted by Gasteiger charge is -2.09. The molecule has 4 nitrogen and oxygen atoms in total. The van der Waals surface area contributed by atoms with Crippen LogP contribution in [0.5, 0.6) is 0 Å². The van der Waals surface area contributed by atoms with Crippen molar-refractivity contribution in [1.29, 1.82) is 0 Å². The van der Waals surface area contributed by atoms with Gasteiger partial charge in [0.2, 0.25) is 0 Å². The molecule has 1 aromatic rings. The van der Waals surface area contributed by atoms with E-state index in [1.54, 1.807) is 14.1 Å². The largest absolute Gasteiger partial charge is 0.341 e. The van der Waals surface area contributed by atoms with Crippen LogP contribution in [0.2, 0.25) is 0 Å². The third-order valence-corrected chi connectivity index (χ3v) is 1.91. The van der Waals surface area contributed by atoms with Gasteiger partial charge in [0, 0.05) is 14.1 Å². The van der Waals surface area contributed by atoms with Crippen LogP contribution in [0.15, 0.2) is 35.3 Å². The standard InChI is InChI=1S/C11H15N3O/c1-12-11(15)14(2)9-13-8-10-6-4-3-5-7-10/h3-7,9H,8H2,1-2H3,(H,12,15). The van der Waals surface area contributed by atoms with Crippen LogP contribution in [0, 0.1) is 0 Å². The Labute approximate surface area is 89.6 Å². The molecule has 0 aromatic heterocycles. The molecular weight excluding hydrogens is 190 g/mol. The van der Waals surface area contributed by atoms with Gasteiger partial charge < -0.3 is 5.32 Å². The smallest absolute Gasteiger partial charge is 0.322 e. The third-order valence-electron chi connectivity index (χ3n) is 1.91. The molecular formula is C11H15N3O. The second-order valence-corrected chi connectivity index (χ2v) is 3.11. The molecule has 0 spiro atoms. The number of nitrogens with zero attached hydrogens (tertiary/aromatic N) is 2. The van der Waals surface area contributed by atoms with Crippen LogP contribution < -0.4 is 5.32 Å². The highest BCUT2D eigenvalue weighted by atomic mass is 16.2. The van der Waals surface area contributed by atoms with Gasteiger partial charge in [-0.25, -0.2) is 4.79 Å². The van der Waals surface area contributed by atoms with E-state index in [4.69, 9.17) is 0 Å². The number of carbonyl (C=O) groups is 1. The lowest BCUT2D eigenvalue weighted by molar-refractivity contribution is 0.229. The van der Waals surface area contributed by atoms with Crippen LogP contribution in [-0.2, 0) is 6.54 Å². The average molecular weight is 205 g/mol. The first-order valence-electron chi connectivity index (χ1n) is 4.72. The Hall–Kier alpha value is -1.84. The zero-order valence-electron chi connectivity index (χ0n) is 8.97. The number of hydrogen-bond acceptors (Lipinski definition) is 2. The summed E-state index contributed by atoms with van der Waals surface area (Å²) in [4.78, 5) is 16.6. The normalized spacial score (nSPS) is 10.3. The second-order valence-electron chi connectivity index (χ2n) is 3.11. The maximum Gasteiger partial charge on any atom is 0.322 e. The average Bonchev–Trinajstić information content (AvgIpc) is 2.29.